The van der Waals surface area contributed by atoms with Crippen LogP contribution in [-0.2, 0) is 14.8 Å². The van der Waals surface area contributed by atoms with E-state index < -0.39 is 10.0 Å². The second-order valence-corrected chi connectivity index (χ2v) is 7.22. The third-order valence-corrected chi connectivity index (χ3v) is 4.08. The van der Waals surface area contributed by atoms with Crippen molar-refractivity contribution in [1.29, 1.82) is 0 Å². The molecule has 4 N–H and O–H groups in total. The monoisotopic (exact) mass is 477 g/mol. The zero-order valence-corrected chi connectivity index (χ0v) is 17.3. The lowest BCUT2D eigenvalue weighted by atomic mass is 10.1. The van der Waals surface area contributed by atoms with E-state index in [0.29, 0.717) is 45.2 Å². The van der Waals surface area contributed by atoms with Gasteiger partial charge in [-0.15, -0.1) is 24.0 Å². The Labute approximate surface area is 160 Å². The summed E-state index contributed by atoms with van der Waals surface area (Å²) in [5.41, 5.74) is 5.81. The number of rotatable bonds is 7. The summed E-state index contributed by atoms with van der Waals surface area (Å²) in [6.07, 6.45) is 2.99. The highest BCUT2D eigenvalue weighted by atomic mass is 127. The van der Waals surface area contributed by atoms with Crippen molar-refractivity contribution in [3.8, 4) is 0 Å². The molecule has 0 spiro atoms. The van der Waals surface area contributed by atoms with Gasteiger partial charge in [0.25, 0.3) is 0 Å². The Morgan fingerprint density at radius 3 is 2.54 bits per heavy atom. The fraction of sp³-hybridized carbons (Fsp3) is 0.846. The molecule has 0 bridgehead atoms. The van der Waals surface area contributed by atoms with Crippen LogP contribution in [0.15, 0.2) is 4.99 Å². The number of carbonyl (C=O) groups excluding carboxylic acids is 1. The molecule has 0 atom stereocenters. The summed E-state index contributed by atoms with van der Waals surface area (Å²) in [4.78, 5) is 17.4. The summed E-state index contributed by atoms with van der Waals surface area (Å²) in [5, 5.41) is 3.13. The number of piperidine rings is 1. The van der Waals surface area contributed by atoms with Crippen molar-refractivity contribution in [2.75, 3.05) is 39.0 Å². The van der Waals surface area contributed by atoms with E-state index in [4.69, 9.17) is 10.5 Å². The van der Waals surface area contributed by atoms with Gasteiger partial charge < -0.3 is 20.7 Å². The number of carbonyl (C=O) groups is 1. The van der Waals surface area contributed by atoms with Crippen LogP contribution in [0.25, 0.3) is 0 Å². The first-order valence-corrected chi connectivity index (χ1v) is 9.63. The Hall–Kier alpha value is -0.820. The van der Waals surface area contributed by atoms with Gasteiger partial charge in [0.1, 0.15) is 0 Å². The van der Waals surface area contributed by atoms with E-state index in [1.807, 2.05) is 0 Å². The van der Waals surface area contributed by atoms with Crippen LogP contribution >= 0.6 is 24.0 Å². The van der Waals surface area contributed by atoms with Crippen molar-refractivity contribution in [3.63, 3.8) is 0 Å². The lowest BCUT2D eigenvalue weighted by Crippen LogP contribution is -2.48. The Morgan fingerprint density at radius 1 is 1.38 bits per heavy atom. The molecule has 142 valence electrons. The van der Waals surface area contributed by atoms with Crippen molar-refractivity contribution in [3.05, 3.63) is 0 Å². The van der Waals surface area contributed by atoms with Gasteiger partial charge in [0.15, 0.2) is 5.96 Å². The van der Waals surface area contributed by atoms with Gasteiger partial charge in [-0.25, -0.2) is 17.9 Å². The molecule has 1 rings (SSSR count). The number of likely N-dealkylation sites (tertiary alicyclic amines) is 1. The Kier molecular flexibility index (Phi) is 11.3. The number of ether oxygens (including phenoxy) is 1. The van der Waals surface area contributed by atoms with Gasteiger partial charge in [-0.1, -0.05) is 0 Å². The summed E-state index contributed by atoms with van der Waals surface area (Å²) < 4.78 is 29.1. The van der Waals surface area contributed by atoms with E-state index in [9.17, 15) is 13.2 Å². The minimum Gasteiger partial charge on any atom is -0.450 e. The van der Waals surface area contributed by atoms with Crippen molar-refractivity contribution in [2.24, 2.45) is 10.7 Å². The topological polar surface area (TPSA) is 126 Å². The van der Waals surface area contributed by atoms with Crippen molar-refractivity contribution < 1.29 is 17.9 Å². The second kappa shape index (κ2) is 11.7. The molecule has 0 unspecified atom stereocenters. The largest absolute Gasteiger partial charge is 0.450 e. The summed E-state index contributed by atoms with van der Waals surface area (Å²) in [7, 11) is -3.15. The number of nitrogens with one attached hydrogen (secondary N) is 2. The highest BCUT2D eigenvalue weighted by Gasteiger charge is 2.23. The molecule has 0 aliphatic carbocycles. The van der Waals surface area contributed by atoms with E-state index in [2.05, 4.69) is 15.0 Å². The SMILES string of the molecule is CCOC(=O)N1CCC(NC(N)=NCCCNS(C)(=O)=O)CC1.I. The number of nitrogens with zero attached hydrogens (tertiary/aromatic N) is 2. The summed E-state index contributed by atoms with van der Waals surface area (Å²) >= 11 is 0. The maximum Gasteiger partial charge on any atom is 0.409 e. The Balaban J connectivity index is 0.00000529. The van der Waals surface area contributed by atoms with Gasteiger partial charge >= 0.3 is 6.09 Å². The zero-order valence-electron chi connectivity index (χ0n) is 14.2. The summed E-state index contributed by atoms with van der Waals surface area (Å²) in [6.45, 7) is 4.21. The predicted molar refractivity (Wildman–Crippen MR) is 104 cm³/mol. The van der Waals surface area contributed by atoms with Gasteiger partial charge in [-0.3, -0.25) is 4.99 Å². The molecule has 0 aromatic carbocycles. The number of hydrogen-bond acceptors (Lipinski definition) is 5. The smallest absolute Gasteiger partial charge is 0.409 e. The van der Waals surface area contributed by atoms with Crippen LogP contribution in [0.2, 0.25) is 0 Å². The minimum absolute atomic E-state index is 0. The quantitative estimate of drug-likeness (QED) is 0.206. The minimum atomic E-state index is -3.15. The van der Waals surface area contributed by atoms with E-state index in [1.54, 1.807) is 11.8 Å². The lowest BCUT2D eigenvalue weighted by Gasteiger charge is -2.31. The first-order chi connectivity index (χ1) is 10.8. The number of halogens is 1. The molecular formula is C13H28IN5O4S. The van der Waals surface area contributed by atoms with E-state index in [0.717, 1.165) is 19.1 Å². The van der Waals surface area contributed by atoms with Gasteiger partial charge in [-0.05, 0) is 26.2 Å². The van der Waals surface area contributed by atoms with Gasteiger partial charge in [0, 0.05) is 32.2 Å². The molecule has 0 saturated carbocycles. The molecule has 1 amide bonds. The average Bonchev–Trinajstić information content (AvgIpc) is 2.46. The first kappa shape index (κ1) is 23.2. The van der Waals surface area contributed by atoms with Crippen LogP contribution in [-0.4, -0.2) is 70.5 Å². The van der Waals surface area contributed by atoms with Crippen LogP contribution in [0.1, 0.15) is 26.2 Å². The highest BCUT2D eigenvalue weighted by Crippen LogP contribution is 2.11. The van der Waals surface area contributed by atoms with Crippen LogP contribution in [0.3, 0.4) is 0 Å². The van der Waals surface area contributed by atoms with Crippen LogP contribution in [0, 0.1) is 0 Å². The molecule has 9 nitrogen and oxygen atoms in total. The second-order valence-electron chi connectivity index (χ2n) is 5.39. The first-order valence-electron chi connectivity index (χ1n) is 7.74. The normalized spacial score (nSPS) is 16.4. The molecule has 24 heavy (non-hydrogen) atoms. The predicted octanol–water partition coefficient (Wildman–Crippen LogP) is 0.0689. The third kappa shape index (κ3) is 10.1. The van der Waals surface area contributed by atoms with Gasteiger partial charge in [0.2, 0.25) is 10.0 Å². The number of hydrogen-bond donors (Lipinski definition) is 3. The molecule has 0 aromatic rings. The molecule has 0 radical (unpaired) electrons. The average molecular weight is 477 g/mol. The Morgan fingerprint density at radius 2 is 2.00 bits per heavy atom. The third-order valence-electron chi connectivity index (χ3n) is 3.35. The number of aliphatic imine (C=N–C) groups is 1. The lowest BCUT2D eigenvalue weighted by molar-refractivity contribution is 0.0963. The molecular weight excluding hydrogens is 449 g/mol. The van der Waals surface area contributed by atoms with Crippen LogP contribution in [0.5, 0.6) is 0 Å². The number of nitrogens with two attached hydrogens (primary N) is 1. The van der Waals surface area contributed by atoms with Gasteiger partial charge in [0.05, 0.1) is 12.9 Å². The molecule has 1 aliphatic rings. The standard InChI is InChI=1S/C13H27N5O4S.HI/c1-3-22-13(19)18-9-5-11(6-10-18)17-12(14)15-7-4-8-16-23(2,20)21;/h11,16H,3-10H2,1-2H3,(H3,14,15,17);1H. The van der Waals surface area contributed by atoms with E-state index in [-0.39, 0.29) is 36.1 Å². The zero-order chi connectivity index (χ0) is 17.3. The highest BCUT2D eigenvalue weighted by molar-refractivity contribution is 14.0. The van der Waals surface area contributed by atoms with E-state index >= 15 is 0 Å². The maximum atomic E-state index is 11.6. The Bertz CT molecular complexity index is 506. The number of guanidine groups is 1. The molecule has 0 aromatic heterocycles. The van der Waals surface area contributed by atoms with Crippen molar-refractivity contribution >= 4 is 46.1 Å². The summed E-state index contributed by atoms with van der Waals surface area (Å²) in [5.74, 6) is 0.346. The molecule has 1 aliphatic heterocycles. The maximum absolute atomic E-state index is 11.6. The number of amides is 1. The molecule has 1 fully saturated rings. The van der Waals surface area contributed by atoms with Crippen molar-refractivity contribution in [1.82, 2.24) is 14.9 Å². The molecule has 1 saturated heterocycles. The van der Waals surface area contributed by atoms with Crippen molar-refractivity contribution in [2.45, 2.75) is 32.2 Å². The van der Waals surface area contributed by atoms with Crippen LogP contribution < -0.4 is 15.8 Å². The van der Waals surface area contributed by atoms with Gasteiger partial charge in [-0.2, -0.15) is 0 Å². The fourth-order valence-corrected chi connectivity index (χ4v) is 2.73. The molecule has 1 heterocycles. The fourth-order valence-electron chi connectivity index (χ4n) is 2.21. The van der Waals surface area contributed by atoms with Crippen LogP contribution in [0.4, 0.5) is 4.79 Å². The number of sulfonamides is 1. The summed E-state index contributed by atoms with van der Waals surface area (Å²) in [6, 6.07) is 0.179. The molecule has 11 heteroatoms. The van der Waals surface area contributed by atoms with E-state index in [1.165, 1.54) is 0 Å².